The summed E-state index contributed by atoms with van der Waals surface area (Å²) < 4.78 is 42.8. The number of nitrogens with zero attached hydrogens (tertiary/aromatic N) is 1. The van der Waals surface area contributed by atoms with Gasteiger partial charge in [-0.2, -0.15) is 13.2 Å². The summed E-state index contributed by atoms with van der Waals surface area (Å²) in [5, 5.41) is 0. The first-order valence-corrected chi connectivity index (χ1v) is 5.48. The second-order valence-corrected chi connectivity index (χ2v) is 3.87. The van der Waals surface area contributed by atoms with Crippen molar-refractivity contribution in [1.29, 1.82) is 0 Å². The van der Waals surface area contributed by atoms with Crippen molar-refractivity contribution in [1.82, 2.24) is 4.98 Å². The van der Waals surface area contributed by atoms with E-state index in [1.54, 1.807) is 30.4 Å². The van der Waals surface area contributed by atoms with Crippen LogP contribution in [0.4, 0.5) is 13.2 Å². The van der Waals surface area contributed by atoms with Gasteiger partial charge in [-0.1, -0.05) is 18.2 Å². The van der Waals surface area contributed by atoms with Crippen molar-refractivity contribution >= 4 is 0 Å². The maximum atomic E-state index is 12.5. The molecule has 0 saturated carbocycles. The quantitative estimate of drug-likeness (QED) is 0.897. The molecule has 2 rings (SSSR count). The molecule has 1 unspecified atom stereocenters. The number of alkyl halides is 3. The van der Waals surface area contributed by atoms with E-state index in [0.29, 0.717) is 5.76 Å². The lowest BCUT2D eigenvalue weighted by molar-refractivity contribution is -0.141. The summed E-state index contributed by atoms with van der Waals surface area (Å²) in [6, 6.07) is 1.97. The van der Waals surface area contributed by atoms with Gasteiger partial charge in [-0.25, -0.2) is 0 Å². The molecule has 0 fully saturated rings. The maximum Gasteiger partial charge on any atom is 0.433 e. The van der Waals surface area contributed by atoms with E-state index in [1.165, 1.54) is 6.07 Å². The molecular weight excluding hydrogens is 257 g/mol. The Morgan fingerprint density at radius 3 is 2.79 bits per heavy atom. The van der Waals surface area contributed by atoms with E-state index in [9.17, 15) is 13.2 Å². The molecule has 1 aromatic rings. The van der Waals surface area contributed by atoms with Crippen LogP contribution in [0.2, 0.25) is 0 Å². The van der Waals surface area contributed by atoms with E-state index in [4.69, 9.17) is 10.5 Å². The summed E-state index contributed by atoms with van der Waals surface area (Å²) >= 11 is 0. The molecule has 1 aliphatic carbocycles. The molecule has 100 valence electrons. The lowest BCUT2D eigenvalue weighted by Gasteiger charge is -2.09. The van der Waals surface area contributed by atoms with E-state index < -0.39 is 11.9 Å². The zero-order valence-corrected chi connectivity index (χ0v) is 9.76. The predicted molar refractivity (Wildman–Crippen MR) is 64.2 cm³/mol. The van der Waals surface area contributed by atoms with E-state index >= 15 is 0 Å². The summed E-state index contributed by atoms with van der Waals surface area (Å²) in [6.45, 7) is 0. The minimum Gasteiger partial charge on any atom is -0.457 e. The third-order valence-corrected chi connectivity index (χ3v) is 2.33. The number of nitrogens with two attached hydrogens (primary N) is 1. The molecule has 2 N–H and O–H groups in total. The second kappa shape index (κ2) is 5.27. The van der Waals surface area contributed by atoms with Gasteiger partial charge in [0.25, 0.3) is 0 Å². The third-order valence-electron chi connectivity index (χ3n) is 2.33. The topological polar surface area (TPSA) is 48.1 Å². The van der Waals surface area contributed by atoms with E-state index in [2.05, 4.69) is 4.98 Å². The van der Waals surface area contributed by atoms with E-state index in [0.717, 1.165) is 12.3 Å². The number of hydrogen-bond donors (Lipinski definition) is 1. The van der Waals surface area contributed by atoms with Gasteiger partial charge in [0.05, 0.1) is 0 Å². The van der Waals surface area contributed by atoms with Gasteiger partial charge in [0.15, 0.2) is 0 Å². The molecule has 19 heavy (non-hydrogen) atoms. The Balaban J connectivity index is 2.18. The monoisotopic (exact) mass is 268 g/mol. The average molecular weight is 268 g/mol. The fourth-order valence-electron chi connectivity index (χ4n) is 1.44. The van der Waals surface area contributed by atoms with E-state index in [1.807, 2.05) is 0 Å². The van der Waals surface area contributed by atoms with Crippen molar-refractivity contribution in [2.75, 3.05) is 0 Å². The predicted octanol–water partition coefficient (Wildman–Crippen LogP) is 2.82. The van der Waals surface area contributed by atoms with Gasteiger partial charge in [0.1, 0.15) is 17.2 Å². The molecule has 0 aliphatic heterocycles. The standard InChI is InChI=1S/C13H11F3N2O/c14-13(15,16)12-8-11(6-7-18-12)19-10-3-1-2-9(17)4-5-10/h1-9H,17H2. The number of ether oxygens (including phenoxy) is 1. The van der Waals surface area contributed by atoms with Gasteiger partial charge in [-0.05, 0) is 18.2 Å². The molecule has 1 atom stereocenters. The largest absolute Gasteiger partial charge is 0.457 e. The number of rotatable bonds is 2. The van der Waals surface area contributed by atoms with Gasteiger partial charge in [-0.3, -0.25) is 4.98 Å². The molecule has 0 spiro atoms. The minimum absolute atomic E-state index is 0.0714. The summed E-state index contributed by atoms with van der Waals surface area (Å²) in [7, 11) is 0. The number of halogens is 3. The van der Waals surface area contributed by atoms with Gasteiger partial charge in [0, 0.05) is 18.3 Å². The van der Waals surface area contributed by atoms with Crippen LogP contribution >= 0.6 is 0 Å². The number of pyridine rings is 1. The molecular formula is C13H11F3N2O. The summed E-state index contributed by atoms with van der Waals surface area (Å²) in [5.41, 5.74) is 4.66. The Morgan fingerprint density at radius 1 is 1.26 bits per heavy atom. The highest BCUT2D eigenvalue weighted by Crippen LogP contribution is 2.30. The summed E-state index contributed by atoms with van der Waals surface area (Å²) in [6.07, 6.45) is 4.90. The van der Waals surface area contributed by atoms with Crippen LogP contribution in [0.1, 0.15) is 5.69 Å². The number of aromatic nitrogens is 1. The molecule has 0 amide bonds. The Bertz CT molecular complexity index is 547. The lowest BCUT2D eigenvalue weighted by atomic mass is 10.3. The lowest BCUT2D eigenvalue weighted by Crippen LogP contribution is -2.12. The van der Waals surface area contributed by atoms with Crippen molar-refractivity contribution in [3.63, 3.8) is 0 Å². The van der Waals surface area contributed by atoms with Crippen LogP contribution in [0.25, 0.3) is 0 Å². The zero-order chi connectivity index (χ0) is 13.9. The van der Waals surface area contributed by atoms with Gasteiger partial charge < -0.3 is 10.5 Å². The van der Waals surface area contributed by atoms with Crippen LogP contribution in [-0.2, 0) is 6.18 Å². The summed E-state index contributed by atoms with van der Waals surface area (Å²) in [4.78, 5) is 3.26. The van der Waals surface area contributed by atoms with Crippen molar-refractivity contribution in [3.8, 4) is 5.75 Å². The normalized spacial score (nSPS) is 18.9. The first-order valence-electron chi connectivity index (χ1n) is 5.48. The first-order chi connectivity index (χ1) is 8.95. The van der Waals surface area contributed by atoms with Crippen LogP contribution in [0.3, 0.4) is 0 Å². The van der Waals surface area contributed by atoms with Crippen molar-refractivity contribution < 1.29 is 17.9 Å². The van der Waals surface area contributed by atoms with Crippen molar-refractivity contribution in [2.45, 2.75) is 12.2 Å². The Kier molecular flexibility index (Phi) is 3.71. The van der Waals surface area contributed by atoms with Gasteiger partial charge in [0.2, 0.25) is 0 Å². The minimum atomic E-state index is -4.49. The Hall–Kier alpha value is -2.08. The molecule has 1 heterocycles. The number of hydrogen-bond acceptors (Lipinski definition) is 3. The molecule has 0 bridgehead atoms. The molecule has 1 aliphatic rings. The van der Waals surface area contributed by atoms with Gasteiger partial charge in [-0.15, -0.1) is 0 Å². The average Bonchev–Trinajstić information content (AvgIpc) is 2.54. The SMILES string of the molecule is NC1C=CC=C(Oc2ccnc(C(F)(F)F)c2)C=C1. The highest BCUT2D eigenvalue weighted by atomic mass is 19.4. The zero-order valence-electron chi connectivity index (χ0n) is 9.76. The molecule has 0 aromatic carbocycles. The molecule has 6 heteroatoms. The fourth-order valence-corrected chi connectivity index (χ4v) is 1.44. The number of allylic oxidation sites excluding steroid dienone is 3. The smallest absolute Gasteiger partial charge is 0.433 e. The fraction of sp³-hybridized carbons (Fsp3) is 0.154. The van der Waals surface area contributed by atoms with Crippen molar-refractivity contribution in [3.05, 3.63) is 60.2 Å². The third kappa shape index (κ3) is 3.69. The molecule has 0 radical (unpaired) electrons. The highest BCUT2D eigenvalue weighted by molar-refractivity contribution is 5.32. The van der Waals surface area contributed by atoms with Crippen LogP contribution in [0.5, 0.6) is 5.75 Å². The maximum absolute atomic E-state index is 12.5. The highest BCUT2D eigenvalue weighted by Gasteiger charge is 2.32. The molecule has 1 aromatic heterocycles. The summed E-state index contributed by atoms with van der Waals surface area (Å²) in [5.74, 6) is 0.477. The van der Waals surface area contributed by atoms with Crippen LogP contribution in [0.15, 0.2) is 54.5 Å². The van der Waals surface area contributed by atoms with Crippen molar-refractivity contribution in [2.24, 2.45) is 5.73 Å². The first kappa shape index (κ1) is 13.4. The van der Waals surface area contributed by atoms with Crippen LogP contribution in [0, 0.1) is 0 Å². The Morgan fingerprint density at radius 2 is 2.05 bits per heavy atom. The molecule has 0 saturated heterocycles. The second-order valence-electron chi connectivity index (χ2n) is 3.87. The van der Waals surface area contributed by atoms with Crippen LogP contribution in [-0.4, -0.2) is 11.0 Å². The van der Waals surface area contributed by atoms with Crippen LogP contribution < -0.4 is 10.5 Å². The van der Waals surface area contributed by atoms with Gasteiger partial charge >= 0.3 is 6.18 Å². The van der Waals surface area contributed by atoms with E-state index in [-0.39, 0.29) is 11.8 Å². The Labute approximate surface area is 107 Å². The molecule has 3 nitrogen and oxygen atoms in total.